The van der Waals surface area contributed by atoms with Gasteiger partial charge in [0.1, 0.15) is 0 Å². The van der Waals surface area contributed by atoms with E-state index in [-0.39, 0.29) is 0 Å². The van der Waals surface area contributed by atoms with E-state index in [1.165, 1.54) is 0 Å². The Bertz CT molecular complexity index is 531. The lowest BCUT2D eigenvalue weighted by Crippen LogP contribution is -2.34. The molecule has 0 aromatic heterocycles. The molecule has 1 aliphatic rings. The van der Waals surface area contributed by atoms with Crippen molar-refractivity contribution < 1.29 is 8.42 Å². The predicted molar refractivity (Wildman–Crippen MR) is 75.0 cm³/mol. The van der Waals surface area contributed by atoms with Crippen LogP contribution in [0.25, 0.3) is 0 Å². The number of hydrogen-bond donors (Lipinski definition) is 0. The highest BCUT2D eigenvalue weighted by Gasteiger charge is 2.34. The molecule has 0 N–H and O–H groups in total. The van der Waals surface area contributed by atoms with Crippen LogP contribution in [0.5, 0.6) is 0 Å². The average molecular weight is 333 g/mol. The number of benzene rings is 1. The largest absolute Gasteiger partial charge is 0.305 e. The van der Waals surface area contributed by atoms with Gasteiger partial charge in [0.25, 0.3) is 0 Å². The van der Waals surface area contributed by atoms with Crippen molar-refractivity contribution in [2.45, 2.75) is 17.4 Å². The molecule has 0 radical (unpaired) electrons. The Kier molecular flexibility index (Phi) is 4.11. The molecule has 0 saturated carbocycles. The summed E-state index contributed by atoms with van der Waals surface area (Å²) in [5.41, 5.74) is 0. The lowest BCUT2D eigenvalue weighted by molar-refractivity contribution is 0.302. The van der Waals surface area contributed by atoms with Gasteiger partial charge in [0.15, 0.2) is 0 Å². The van der Waals surface area contributed by atoms with Crippen molar-refractivity contribution in [2.24, 2.45) is 0 Å². The normalized spacial score (nSPS) is 21.7. The van der Waals surface area contributed by atoms with E-state index >= 15 is 0 Å². The Morgan fingerprint density at radius 3 is 2.56 bits per heavy atom. The monoisotopic (exact) mass is 332 g/mol. The zero-order valence-corrected chi connectivity index (χ0v) is 12.9. The molecule has 18 heavy (non-hydrogen) atoms. The molecular formula is C12H17BrN2O2S. The van der Waals surface area contributed by atoms with E-state index in [4.69, 9.17) is 0 Å². The zero-order chi connectivity index (χ0) is 13.3. The molecule has 1 aromatic rings. The standard InChI is InChI=1S/C12H17BrN2O2S/c1-14(2)10-7-8-15(9-10)18(16,17)12-6-4-3-5-11(12)13/h3-6,10H,7-9H2,1-2H3. The van der Waals surface area contributed by atoms with Crippen LogP contribution in [-0.2, 0) is 10.0 Å². The summed E-state index contributed by atoms with van der Waals surface area (Å²) in [4.78, 5) is 2.43. The maximum atomic E-state index is 12.5. The summed E-state index contributed by atoms with van der Waals surface area (Å²) >= 11 is 3.31. The van der Waals surface area contributed by atoms with Crippen LogP contribution in [0.1, 0.15) is 6.42 Å². The van der Waals surface area contributed by atoms with Gasteiger partial charge >= 0.3 is 0 Å². The van der Waals surface area contributed by atoms with Crippen molar-refractivity contribution in [1.29, 1.82) is 0 Å². The van der Waals surface area contributed by atoms with Gasteiger partial charge in [-0.3, -0.25) is 0 Å². The molecule has 6 heteroatoms. The van der Waals surface area contributed by atoms with Crippen LogP contribution in [-0.4, -0.2) is 50.8 Å². The first-order valence-corrected chi connectivity index (χ1v) is 8.07. The van der Waals surface area contributed by atoms with E-state index < -0.39 is 10.0 Å². The summed E-state index contributed by atoms with van der Waals surface area (Å²) in [6.07, 6.45) is 0.886. The fraction of sp³-hybridized carbons (Fsp3) is 0.500. The van der Waals surface area contributed by atoms with Gasteiger partial charge < -0.3 is 4.90 Å². The molecule has 1 heterocycles. The maximum Gasteiger partial charge on any atom is 0.244 e. The summed E-state index contributed by atoms with van der Waals surface area (Å²) in [6, 6.07) is 7.27. The Morgan fingerprint density at radius 1 is 1.33 bits per heavy atom. The van der Waals surface area contributed by atoms with Gasteiger partial charge in [-0.1, -0.05) is 12.1 Å². The number of hydrogen-bond acceptors (Lipinski definition) is 3. The first-order chi connectivity index (χ1) is 8.43. The number of sulfonamides is 1. The van der Waals surface area contributed by atoms with Crippen molar-refractivity contribution in [1.82, 2.24) is 9.21 Å². The number of nitrogens with zero attached hydrogens (tertiary/aromatic N) is 2. The minimum Gasteiger partial charge on any atom is -0.305 e. The summed E-state index contributed by atoms with van der Waals surface area (Å²) in [5, 5.41) is 0. The molecule has 1 aromatic carbocycles. The van der Waals surface area contributed by atoms with Crippen molar-refractivity contribution in [2.75, 3.05) is 27.2 Å². The molecule has 0 amide bonds. The van der Waals surface area contributed by atoms with Gasteiger partial charge in [0, 0.05) is 23.6 Å². The number of rotatable bonds is 3. The van der Waals surface area contributed by atoms with Gasteiger partial charge in [0.2, 0.25) is 10.0 Å². The van der Waals surface area contributed by atoms with Gasteiger partial charge in [-0.25, -0.2) is 8.42 Å². The van der Waals surface area contributed by atoms with Gasteiger partial charge in [0.05, 0.1) is 4.90 Å². The fourth-order valence-electron chi connectivity index (χ4n) is 2.14. The Balaban J connectivity index is 2.26. The maximum absolute atomic E-state index is 12.5. The second kappa shape index (κ2) is 5.28. The van der Waals surface area contributed by atoms with Crippen molar-refractivity contribution in [3.05, 3.63) is 28.7 Å². The highest BCUT2D eigenvalue weighted by molar-refractivity contribution is 9.10. The molecule has 1 atom stereocenters. The zero-order valence-electron chi connectivity index (χ0n) is 10.5. The number of likely N-dealkylation sites (N-methyl/N-ethyl adjacent to an activating group) is 1. The van der Waals surface area contributed by atoms with Crippen LogP contribution in [0.2, 0.25) is 0 Å². The molecule has 4 nitrogen and oxygen atoms in total. The van der Waals surface area contributed by atoms with Crippen LogP contribution in [0, 0.1) is 0 Å². The van der Waals surface area contributed by atoms with Crippen LogP contribution in [0.3, 0.4) is 0 Å². The summed E-state index contributed by atoms with van der Waals surface area (Å²) in [5.74, 6) is 0. The Labute approximate surface area is 117 Å². The van der Waals surface area contributed by atoms with Crippen molar-refractivity contribution in [3.8, 4) is 0 Å². The fourth-order valence-corrected chi connectivity index (χ4v) is 4.60. The topological polar surface area (TPSA) is 40.6 Å². The second-order valence-corrected chi connectivity index (χ2v) is 7.46. The molecule has 0 spiro atoms. The summed E-state index contributed by atoms with van der Waals surface area (Å²) < 4.78 is 27.2. The van der Waals surface area contributed by atoms with Crippen LogP contribution in [0.15, 0.2) is 33.6 Å². The molecule has 100 valence electrons. The number of halogens is 1. The van der Waals surface area contributed by atoms with E-state index in [0.29, 0.717) is 28.5 Å². The van der Waals surface area contributed by atoms with E-state index in [9.17, 15) is 8.42 Å². The molecule has 0 bridgehead atoms. The second-order valence-electron chi connectivity index (χ2n) is 4.70. The minimum atomic E-state index is -3.38. The highest BCUT2D eigenvalue weighted by atomic mass is 79.9. The average Bonchev–Trinajstić information content (AvgIpc) is 2.79. The van der Waals surface area contributed by atoms with Gasteiger partial charge in [-0.05, 0) is 48.6 Å². The molecule has 1 aliphatic heterocycles. The quantitative estimate of drug-likeness (QED) is 0.847. The smallest absolute Gasteiger partial charge is 0.244 e. The van der Waals surface area contributed by atoms with E-state index in [2.05, 4.69) is 20.8 Å². The first-order valence-electron chi connectivity index (χ1n) is 5.84. The lowest BCUT2D eigenvalue weighted by Gasteiger charge is -2.20. The molecule has 1 saturated heterocycles. The third-order valence-corrected chi connectivity index (χ3v) is 6.19. The van der Waals surface area contributed by atoms with Crippen molar-refractivity contribution >= 4 is 26.0 Å². The van der Waals surface area contributed by atoms with E-state index in [0.717, 1.165) is 6.42 Å². The Hall–Kier alpha value is -0.430. The first kappa shape index (κ1) is 14.0. The molecule has 1 fully saturated rings. The van der Waals surface area contributed by atoms with Gasteiger partial charge in [-0.15, -0.1) is 0 Å². The lowest BCUT2D eigenvalue weighted by atomic mass is 10.2. The Morgan fingerprint density at radius 2 is 2.00 bits per heavy atom. The summed E-state index contributed by atoms with van der Waals surface area (Å²) in [6.45, 7) is 1.16. The third kappa shape index (κ3) is 2.61. The molecule has 0 aliphatic carbocycles. The molecule has 2 rings (SSSR count). The SMILES string of the molecule is CN(C)C1CCN(S(=O)(=O)c2ccccc2Br)C1. The van der Waals surface area contributed by atoms with Crippen molar-refractivity contribution in [3.63, 3.8) is 0 Å². The van der Waals surface area contributed by atoms with Gasteiger partial charge in [-0.2, -0.15) is 4.31 Å². The third-order valence-electron chi connectivity index (χ3n) is 3.31. The molecule has 1 unspecified atom stereocenters. The summed E-state index contributed by atoms with van der Waals surface area (Å²) in [7, 11) is 0.595. The molecular weight excluding hydrogens is 316 g/mol. The van der Waals surface area contributed by atoms with E-state index in [1.807, 2.05) is 20.2 Å². The van der Waals surface area contributed by atoms with Crippen LogP contribution >= 0.6 is 15.9 Å². The van der Waals surface area contributed by atoms with E-state index in [1.54, 1.807) is 22.5 Å². The highest BCUT2D eigenvalue weighted by Crippen LogP contribution is 2.27. The predicted octanol–water partition coefficient (Wildman–Crippen LogP) is 1.77. The van der Waals surface area contributed by atoms with Crippen LogP contribution < -0.4 is 0 Å². The minimum absolute atomic E-state index is 0.308. The van der Waals surface area contributed by atoms with Crippen LogP contribution in [0.4, 0.5) is 0 Å².